The lowest BCUT2D eigenvalue weighted by Gasteiger charge is -2.31. The zero-order valence-corrected chi connectivity index (χ0v) is 16.3. The van der Waals surface area contributed by atoms with E-state index in [9.17, 15) is 4.79 Å². The van der Waals surface area contributed by atoms with Crippen LogP contribution in [0.1, 0.15) is 45.6 Å². The maximum atomic E-state index is 12.6. The molecule has 2 aromatic heterocycles. The summed E-state index contributed by atoms with van der Waals surface area (Å²) in [6.07, 6.45) is 7.14. The van der Waals surface area contributed by atoms with Crippen molar-refractivity contribution in [1.82, 2.24) is 19.4 Å². The van der Waals surface area contributed by atoms with Crippen molar-refractivity contribution in [1.29, 1.82) is 0 Å². The van der Waals surface area contributed by atoms with E-state index in [1.54, 1.807) is 11.3 Å². The minimum Gasteiger partial charge on any atom is -0.338 e. The minimum atomic E-state index is 0.186. The Morgan fingerprint density at radius 3 is 2.72 bits per heavy atom. The van der Waals surface area contributed by atoms with E-state index in [4.69, 9.17) is 0 Å². The van der Waals surface area contributed by atoms with Gasteiger partial charge < -0.3 is 14.4 Å². The van der Waals surface area contributed by atoms with E-state index in [2.05, 4.69) is 34.7 Å². The van der Waals surface area contributed by atoms with Gasteiger partial charge in [0.2, 0.25) is 0 Å². The van der Waals surface area contributed by atoms with Gasteiger partial charge in [-0.15, -0.1) is 11.3 Å². The van der Waals surface area contributed by atoms with Crippen LogP contribution in [0, 0.1) is 6.92 Å². The van der Waals surface area contributed by atoms with Crippen molar-refractivity contribution in [3.63, 3.8) is 0 Å². The SMILES string of the molecule is Cc1ccc(C(=O)N2CCC(c3nccn3CCCN(C)C)CC2)s1. The van der Waals surface area contributed by atoms with Gasteiger partial charge in [-0.2, -0.15) is 0 Å². The third-order valence-corrected chi connectivity index (χ3v) is 5.84. The predicted molar refractivity (Wildman–Crippen MR) is 102 cm³/mol. The van der Waals surface area contributed by atoms with Gasteiger partial charge in [-0.3, -0.25) is 4.79 Å². The van der Waals surface area contributed by atoms with E-state index in [1.165, 1.54) is 10.7 Å². The lowest BCUT2D eigenvalue weighted by molar-refractivity contribution is 0.0715. The highest BCUT2D eigenvalue weighted by Crippen LogP contribution is 2.28. The van der Waals surface area contributed by atoms with Crippen LogP contribution in [0.15, 0.2) is 24.5 Å². The summed E-state index contributed by atoms with van der Waals surface area (Å²) in [6, 6.07) is 3.97. The first kappa shape index (κ1) is 18.1. The fraction of sp³-hybridized carbons (Fsp3) is 0.579. The summed E-state index contributed by atoms with van der Waals surface area (Å²) in [4.78, 5) is 23.5. The Kier molecular flexibility index (Phi) is 5.91. The maximum Gasteiger partial charge on any atom is 0.263 e. The minimum absolute atomic E-state index is 0.186. The number of likely N-dealkylation sites (tertiary alicyclic amines) is 1. The monoisotopic (exact) mass is 360 g/mol. The van der Waals surface area contributed by atoms with Crippen molar-refractivity contribution < 1.29 is 4.79 Å². The number of carbonyl (C=O) groups excluding carboxylic acids is 1. The van der Waals surface area contributed by atoms with Crippen molar-refractivity contribution in [3.8, 4) is 0 Å². The van der Waals surface area contributed by atoms with Crippen LogP contribution in [-0.4, -0.2) is 59.0 Å². The van der Waals surface area contributed by atoms with Crippen LogP contribution >= 0.6 is 11.3 Å². The van der Waals surface area contributed by atoms with Crippen LogP contribution in [0.4, 0.5) is 0 Å². The number of hydrogen-bond acceptors (Lipinski definition) is 4. The average molecular weight is 361 g/mol. The van der Waals surface area contributed by atoms with Gasteiger partial charge >= 0.3 is 0 Å². The quantitative estimate of drug-likeness (QED) is 0.794. The van der Waals surface area contributed by atoms with Gasteiger partial charge in [0.1, 0.15) is 5.82 Å². The zero-order valence-electron chi connectivity index (χ0n) is 15.4. The number of nitrogens with zero attached hydrogens (tertiary/aromatic N) is 4. The second kappa shape index (κ2) is 8.15. The molecule has 0 bridgehead atoms. The molecule has 1 saturated heterocycles. The van der Waals surface area contributed by atoms with Gasteiger partial charge in [0.15, 0.2) is 0 Å². The van der Waals surface area contributed by atoms with E-state index in [-0.39, 0.29) is 5.91 Å². The highest BCUT2D eigenvalue weighted by molar-refractivity contribution is 7.13. The molecule has 1 aliphatic heterocycles. The number of piperidine rings is 1. The van der Waals surface area contributed by atoms with Crippen LogP contribution in [0.3, 0.4) is 0 Å². The largest absolute Gasteiger partial charge is 0.338 e. The molecule has 0 N–H and O–H groups in total. The van der Waals surface area contributed by atoms with Gasteiger partial charge in [-0.25, -0.2) is 4.98 Å². The summed E-state index contributed by atoms with van der Waals surface area (Å²) < 4.78 is 2.30. The number of aryl methyl sites for hydroxylation is 2. The van der Waals surface area contributed by atoms with Gasteiger partial charge in [-0.1, -0.05) is 0 Å². The molecule has 2 aromatic rings. The summed E-state index contributed by atoms with van der Waals surface area (Å²) in [6.45, 7) is 5.80. The molecule has 0 spiro atoms. The predicted octanol–water partition coefficient (Wildman–Crippen LogP) is 3.22. The number of carbonyl (C=O) groups is 1. The number of imidazole rings is 1. The van der Waals surface area contributed by atoms with Gasteiger partial charge in [0.25, 0.3) is 5.91 Å². The molecule has 5 nitrogen and oxygen atoms in total. The average Bonchev–Trinajstić information content (AvgIpc) is 3.23. The van der Waals surface area contributed by atoms with E-state index in [1.807, 2.05) is 30.2 Å². The topological polar surface area (TPSA) is 41.4 Å². The first-order valence-corrected chi connectivity index (χ1v) is 9.87. The van der Waals surface area contributed by atoms with Crippen LogP contribution in [0.5, 0.6) is 0 Å². The molecular weight excluding hydrogens is 332 g/mol. The molecule has 0 unspecified atom stereocenters. The molecule has 0 radical (unpaired) electrons. The Hall–Kier alpha value is -1.66. The molecule has 3 rings (SSSR count). The molecule has 1 fully saturated rings. The van der Waals surface area contributed by atoms with Crippen LogP contribution in [0.2, 0.25) is 0 Å². The third-order valence-electron chi connectivity index (χ3n) is 4.85. The Morgan fingerprint density at radius 1 is 1.32 bits per heavy atom. The fourth-order valence-corrected chi connectivity index (χ4v) is 4.31. The summed E-state index contributed by atoms with van der Waals surface area (Å²) in [5.74, 6) is 1.84. The van der Waals surface area contributed by atoms with Crippen molar-refractivity contribution in [3.05, 3.63) is 40.1 Å². The van der Waals surface area contributed by atoms with Crippen LogP contribution in [-0.2, 0) is 6.54 Å². The van der Waals surface area contributed by atoms with E-state index in [0.29, 0.717) is 5.92 Å². The number of hydrogen-bond donors (Lipinski definition) is 0. The Balaban J connectivity index is 1.56. The molecule has 0 atom stereocenters. The molecule has 1 amide bonds. The first-order chi connectivity index (χ1) is 12.0. The Morgan fingerprint density at radius 2 is 2.08 bits per heavy atom. The van der Waals surface area contributed by atoms with E-state index in [0.717, 1.165) is 50.3 Å². The number of thiophene rings is 1. The second-order valence-corrected chi connectivity index (χ2v) is 8.40. The normalized spacial score (nSPS) is 15.9. The van der Waals surface area contributed by atoms with Gasteiger partial charge in [0, 0.05) is 42.8 Å². The summed E-state index contributed by atoms with van der Waals surface area (Å²) in [7, 11) is 4.22. The Bertz CT molecular complexity index is 698. The smallest absolute Gasteiger partial charge is 0.263 e. The highest BCUT2D eigenvalue weighted by Gasteiger charge is 2.27. The van der Waals surface area contributed by atoms with Gasteiger partial charge in [0.05, 0.1) is 4.88 Å². The standard InChI is InChI=1S/C19H28N4OS/c1-15-5-6-17(25-15)19(24)23-12-7-16(8-13-23)18-20-9-14-22(18)11-4-10-21(2)3/h5-6,9,14,16H,4,7-8,10-13H2,1-3H3. The van der Waals surface area contributed by atoms with Crippen molar-refractivity contribution in [2.24, 2.45) is 0 Å². The van der Waals surface area contributed by atoms with Crippen molar-refractivity contribution in [2.75, 3.05) is 33.7 Å². The summed E-state index contributed by atoms with van der Waals surface area (Å²) in [5.41, 5.74) is 0. The maximum absolute atomic E-state index is 12.6. The fourth-order valence-electron chi connectivity index (χ4n) is 3.47. The van der Waals surface area contributed by atoms with E-state index >= 15 is 0 Å². The van der Waals surface area contributed by atoms with Gasteiger partial charge in [-0.05, 0) is 59.0 Å². The van der Waals surface area contributed by atoms with E-state index < -0.39 is 0 Å². The molecule has 0 saturated carbocycles. The molecule has 3 heterocycles. The highest BCUT2D eigenvalue weighted by atomic mass is 32.1. The van der Waals surface area contributed by atoms with Crippen LogP contribution < -0.4 is 0 Å². The summed E-state index contributed by atoms with van der Waals surface area (Å²) >= 11 is 1.59. The molecule has 25 heavy (non-hydrogen) atoms. The summed E-state index contributed by atoms with van der Waals surface area (Å²) in [5, 5.41) is 0. The third kappa shape index (κ3) is 4.50. The molecule has 136 valence electrons. The zero-order chi connectivity index (χ0) is 17.8. The second-order valence-electron chi connectivity index (χ2n) is 7.11. The number of aromatic nitrogens is 2. The van der Waals surface area contributed by atoms with Crippen LogP contribution in [0.25, 0.3) is 0 Å². The lowest BCUT2D eigenvalue weighted by atomic mass is 9.95. The lowest BCUT2D eigenvalue weighted by Crippen LogP contribution is -2.38. The molecule has 6 heteroatoms. The molecular formula is C19H28N4OS. The Labute approximate surface area is 154 Å². The van der Waals surface area contributed by atoms with Crippen molar-refractivity contribution in [2.45, 2.75) is 38.6 Å². The molecule has 1 aliphatic rings. The van der Waals surface area contributed by atoms with Crippen molar-refractivity contribution >= 4 is 17.2 Å². The first-order valence-electron chi connectivity index (χ1n) is 9.06. The number of rotatable bonds is 6. The number of amides is 1. The molecule has 0 aromatic carbocycles. The molecule has 0 aliphatic carbocycles.